The van der Waals surface area contributed by atoms with Gasteiger partial charge in [0.25, 0.3) is 0 Å². The fourth-order valence-corrected chi connectivity index (χ4v) is 4.08. The Labute approximate surface area is 170 Å². The standard InChI is InChI=1S/C22H37N3O3/c1-15(2)21(25-13-16(3)28-17(4)14-25)22(26)23-12-20(24(5)6)18-9-8-10-19(11-18)27-7/h8-11,15-17,20-21H,12-14H2,1-7H3,(H,23,26). The molecular formula is C22H37N3O3. The molecule has 1 saturated heterocycles. The number of likely N-dealkylation sites (N-methyl/N-ethyl adjacent to an activating group) is 1. The lowest BCUT2D eigenvalue weighted by molar-refractivity contribution is -0.135. The van der Waals surface area contributed by atoms with Crippen LogP contribution in [0.3, 0.4) is 0 Å². The van der Waals surface area contributed by atoms with Gasteiger partial charge in [0.1, 0.15) is 5.75 Å². The molecule has 158 valence electrons. The fourth-order valence-electron chi connectivity index (χ4n) is 4.08. The second-order valence-corrected chi connectivity index (χ2v) is 8.40. The van der Waals surface area contributed by atoms with Gasteiger partial charge in [-0.25, -0.2) is 0 Å². The molecule has 1 fully saturated rings. The number of morpholine rings is 1. The number of methoxy groups -OCH3 is 1. The third-order valence-electron chi connectivity index (χ3n) is 5.31. The summed E-state index contributed by atoms with van der Waals surface area (Å²) >= 11 is 0. The Kier molecular flexibility index (Phi) is 8.28. The minimum atomic E-state index is -0.151. The van der Waals surface area contributed by atoms with Crippen LogP contribution in [0.15, 0.2) is 24.3 Å². The number of ether oxygens (including phenoxy) is 2. The zero-order valence-corrected chi connectivity index (χ0v) is 18.4. The van der Waals surface area contributed by atoms with Gasteiger partial charge >= 0.3 is 0 Å². The lowest BCUT2D eigenvalue weighted by Gasteiger charge is -2.41. The minimum absolute atomic E-state index is 0.0781. The molecule has 0 saturated carbocycles. The first-order valence-electron chi connectivity index (χ1n) is 10.2. The van der Waals surface area contributed by atoms with Crippen molar-refractivity contribution in [2.45, 2.75) is 52.0 Å². The number of hydrogen-bond donors (Lipinski definition) is 1. The Hall–Kier alpha value is -1.63. The number of rotatable bonds is 8. The molecule has 1 aromatic carbocycles. The van der Waals surface area contributed by atoms with E-state index in [0.29, 0.717) is 6.54 Å². The molecule has 1 aromatic rings. The predicted octanol–water partition coefficient (Wildman–Crippen LogP) is 2.55. The molecule has 1 amide bonds. The van der Waals surface area contributed by atoms with Gasteiger partial charge in [-0.2, -0.15) is 0 Å². The van der Waals surface area contributed by atoms with E-state index in [-0.39, 0.29) is 36.1 Å². The van der Waals surface area contributed by atoms with Crippen LogP contribution < -0.4 is 10.1 Å². The summed E-state index contributed by atoms with van der Waals surface area (Å²) in [6.45, 7) is 10.5. The topological polar surface area (TPSA) is 54.0 Å². The van der Waals surface area contributed by atoms with Crippen LogP contribution in [0.1, 0.15) is 39.3 Å². The van der Waals surface area contributed by atoms with Crippen LogP contribution in [0.25, 0.3) is 0 Å². The Morgan fingerprint density at radius 2 is 1.93 bits per heavy atom. The molecule has 1 N–H and O–H groups in total. The van der Waals surface area contributed by atoms with Crippen molar-refractivity contribution < 1.29 is 14.3 Å². The summed E-state index contributed by atoms with van der Waals surface area (Å²) in [4.78, 5) is 17.5. The van der Waals surface area contributed by atoms with Gasteiger partial charge in [-0.05, 0) is 51.6 Å². The highest BCUT2D eigenvalue weighted by molar-refractivity contribution is 5.82. The molecule has 0 radical (unpaired) electrons. The smallest absolute Gasteiger partial charge is 0.237 e. The first-order chi connectivity index (χ1) is 13.2. The number of amides is 1. The van der Waals surface area contributed by atoms with E-state index in [1.807, 2.05) is 32.3 Å². The molecular weight excluding hydrogens is 354 g/mol. The van der Waals surface area contributed by atoms with Gasteiger partial charge < -0.3 is 19.7 Å². The molecule has 6 nitrogen and oxygen atoms in total. The molecule has 4 unspecified atom stereocenters. The van der Waals surface area contributed by atoms with Crippen LogP contribution in [-0.2, 0) is 9.53 Å². The maximum Gasteiger partial charge on any atom is 0.237 e. The van der Waals surface area contributed by atoms with Crippen molar-refractivity contribution in [3.8, 4) is 5.75 Å². The molecule has 0 aromatic heterocycles. The monoisotopic (exact) mass is 391 g/mol. The quantitative estimate of drug-likeness (QED) is 0.738. The highest BCUT2D eigenvalue weighted by Gasteiger charge is 2.34. The van der Waals surface area contributed by atoms with E-state index in [9.17, 15) is 4.79 Å². The van der Waals surface area contributed by atoms with Gasteiger partial charge in [0, 0.05) is 19.6 Å². The van der Waals surface area contributed by atoms with Gasteiger partial charge in [-0.1, -0.05) is 26.0 Å². The first-order valence-corrected chi connectivity index (χ1v) is 10.2. The largest absolute Gasteiger partial charge is 0.497 e. The number of hydrogen-bond acceptors (Lipinski definition) is 5. The van der Waals surface area contributed by atoms with Crippen molar-refractivity contribution in [2.75, 3.05) is 40.8 Å². The molecule has 1 aliphatic rings. The average Bonchev–Trinajstić information content (AvgIpc) is 2.60. The zero-order chi connectivity index (χ0) is 20.8. The summed E-state index contributed by atoms with van der Waals surface area (Å²) in [5, 5.41) is 3.20. The van der Waals surface area contributed by atoms with Crippen molar-refractivity contribution >= 4 is 5.91 Å². The summed E-state index contributed by atoms with van der Waals surface area (Å²) < 4.78 is 11.2. The highest BCUT2D eigenvalue weighted by atomic mass is 16.5. The lowest BCUT2D eigenvalue weighted by atomic mass is 9.99. The zero-order valence-electron chi connectivity index (χ0n) is 18.4. The van der Waals surface area contributed by atoms with Crippen molar-refractivity contribution in [1.82, 2.24) is 15.1 Å². The van der Waals surface area contributed by atoms with Gasteiger partial charge in [-0.3, -0.25) is 9.69 Å². The van der Waals surface area contributed by atoms with Gasteiger partial charge in [0.2, 0.25) is 5.91 Å². The van der Waals surface area contributed by atoms with Crippen LogP contribution >= 0.6 is 0 Å². The molecule has 0 spiro atoms. The van der Waals surface area contributed by atoms with Gasteiger partial charge in [0.15, 0.2) is 0 Å². The van der Waals surface area contributed by atoms with E-state index in [1.54, 1.807) is 7.11 Å². The molecule has 2 rings (SSSR count). The number of benzene rings is 1. The minimum Gasteiger partial charge on any atom is -0.497 e. The van der Waals surface area contributed by atoms with Crippen molar-refractivity contribution in [3.63, 3.8) is 0 Å². The lowest BCUT2D eigenvalue weighted by Crippen LogP contribution is -2.57. The van der Waals surface area contributed by atoms with E-state index in [0.717, 1.165) is 24.4 Å². The van der Waals surface area contributed by atoms with Crippen molar-refractivity contribution in [2.24, 2.45) is 5.92 Å². The number of carbonyl (C=O) groups is 1. The van der Waals surface area contributed by atoms with Crippen molar-refractivity contribution in [3.05, 3.63) is 29.8 Å². The molecule has 4 atom stereocenters. The predicted molar refractivity (Wildman–Crippen MR) is 113 cm³/mol. The molecule has 1 heterocycles. The Bertz CT molecular complexity index is 625. The van der Waals surface area contributed by atoms with E-state index in [2.05, 4.69) is 48.9 Å². The number of carbonyl (C=O) groups excluding carboxylic acids is 1. The SMILES string of the molecule is COc1cccc(C(CNC(=O)C(C(C)C)N2CC(C)OC(C)C2)N(C)C)c1. The Balaban J connectivity index is 2.09. The van der Waals surface area contributed by atoms with Crippen LogP contribution in [0, 0.1) is 5.92 Å². The van der Waals surface area contributed by atoms with Gasteiger partial charge in [-0.15, -0.1) is 0 Å². The van der Waals surface area contributed by atoms with E-state index < -0.39 is 0 Å². The summed E-state index contributed by atoms with van der Waals surface area (Å²) in [5.74, 6) is 1.14. The third kappa shape index (κ3) is 5.93. The average molecular weight is 392 g/mol. The van der Waals surface area contributed by atoms with Crippen LogP contribution in [0.5, 0.6) is 5.75 Å². The maximum absolute atomic E-state index is 13.1. The van der Waals surface area contributed by atoms with E-state index >= 15 is 0 Å². The summed E-state index contributed by atoms with van der Waals surface area (Å²) in [7, 11) is 5.73. The summed E-state index contributed by atoms with van der Waals surface area (Å²) in [5.41, 5.74) is 1.12. The summed E-state index contributed by atoms with van der Waals surface area (Å²) in [6, 6.07) is 7.95. The third-order valence-corrected chi connectivity index (χ3v) is 5.31. The normalized spacial score (nSPS) is 22.9. The van der Waals surface area contributed by atoms with Crippen LogP contribution in [0.4, 0.5) is 0 Å². The van der Waals surface area contributed by atoms with E-state index in [1.165, 1.54) is 0 Å². The highest BCUT2D eigenvalue weighted by Crippen LogP contribution is 2.23. The molecule has 0 bridgehead atoms. The second-order valence-electron chi connectivity index (χ2n) is 8.40. The fraction of sp³-hybridized carbons (Fsp3) is 0.682. The van der Waals surface area contributed by atoms with Crippen LogP contribution in [0.2, 0.25) is 0 Å². The number of nitrogens with one attached hydrogen (secondary N) is 1. The van der Waals surface area contributed by atoms with Gasteiger partial charge in [0.05, 0.1) is 31.4 Å². The number of nitrogens with zero attached hydrogens (tertiary/aromatic N) is 2. The molecule has 6 heteroatoms. The Morgan fingerprint density at radius 3 is 2.46 bits per heavy atom. The van der Waals surface area contributed by atoms with Crippen LogP contribution in [-0.4, -0.2) is 74.8 Å². The first kappa shape index (κ1) is 22.7. The second kappa shape index (κ2) is 10.2. The van der Waals surface area contributed by atoms with E-state index in [4.69, 9.17) is 9.47 Å². The summed E-state index contributed by atoms with van der Waals surface area (Å²) in [6.07, 6.45) is 0.285. The molecule has 0 aliphatic carbocycles. The Morgan fingerprint density at radius 1 is 1.29 bits per heavy atom. The molecule has 1 aliphatic heterocycles. The molecule has 28 heavy (non-hydrogen) atoms. The van der Waals surface area contributed by atoms with Crippen molar-refractivity contribution in [1.29, 1.82) is 0 Å². The maximum atomic E-state index is 13.1.